The molecule has 0 aliphatic rings. The molecule has 0 saturated heterocycles. The van der Waals surface area contributed by atoms with Gasteiger partial charge in [0.15, 0.2) is 17.6 Å². The molecule has 1 atom stereocenters. The Bertz CT molecular complexity index is 467. The minimum atomic E-state index is -0.692. The molecule has 5 heteroatoms. The molecule has 0 spiro atoms. The molecule has 20 heavy (non-hydrogen) atoms. The smallest absolute Gasteiger partial charge is 0.258 e. The number of nitrogens with two attached hydrogens (primary N) is 1. The minimum absolute atomic E-state index is 0.0445. The van der Waals surface area contributed by atoms with Crippen LogP contribution in [-0.4, -0.2) is 24.7 Å². The average Bonchev–Trinajstić information content (AvgIpc) is 2.36. The molecule has 0 radical (unpaired) electrons. The standard InChI is InChI=1S/C15H24N2O3/c1-10(14(16)18)20-12-7-6-11(8-13(12)19-5)9-17-15(2,3)4/h6-8,10,17H,9H2,1-5H3,(H2,16,18). The second-order valence-corrected chi connectivity index (χ2v) is 5.75. The summed E-state index contributed by atoms with van der Waals surface area (Å²) in [6.45, 7) is 8.66. The van der Waals surface area contributed by atoms with E-state index in [0.717, 1.165) is 12.1 Å². The van der Waals surface area contributed by atoms with Gasteiger partial charge in [-0.3, -0.25) is 4.79 Å². The quantitative estimate of drug-likeness (QED) is 0.834. The average molecular weight is 280 g/mol. The van der Waals surface area contributed by atoms with Gasteiger partial charge in [-0.25, -0.2) is 0 Å². The SMILES string of the molecule is COc1cc(CNC(C)(C)C)ccc1OC(C)C(N)=O. The predicted molar refractivity (Wildman–Crippen MR) is 78.9 cm³/mol. The van der Waals surface area contributed by atoms with Crippen LogP contribution in [0.5, 0.6) is 11.5 Å². The second kappa shape index (κ2) is 6.61. The van der Waals surface area contributed by atoms with Crippen molar-refractivity contribution in [3.63, 3.8) is 0 Å². The van der Waals surface area contributed by atoms with Crippen LogP contribution in [0.2, 0.25) is 0 Å². The van der Waals surface area contributed by atoms with Crippen molar-refractivity contribution in [1.29, 1.82) is 0 Å². The molecule has 0 fully saturated rings. The monoisotopic (exact) mass is 280 g/mol. The van der Waals surface area contributed by atoms with Crippen molar-refractivity contribution in [3.8, 4) is 11.5 Å². The summed E-state index contributed by atoms with van der Waals surface area (Å²) in [5.41, 5.74) is 6.31. The molecule has 0 heterocycles. The number of hydrogen-bond donors (Lipinski definition) is 2. The van der Waals surface area contributed by atoms with Crippen LogP contribution >= 0.6 is 0 Å². The van der Waals surface area contributed by atoms with E-state index in [1.165, 1.54) is 0 Å². The normalized spacial score (nSPS) is 12.8. The van der Waals surface area contributed by atoms with Gasteiger partial charge < -0.3 is 20.5 Å². The molecule has 1 aromatic rings. The Morgan fingerprint density at radius 1 is 1.35 bits per heavy atom. The number of ether oxygens (including phenoxy) is 2. The van der Waals surface area contributed by atoms with Crippen LogP contribution in [0.15, 0.2) is 18.2 Å². The molecule has 0 saturated carbocycles. The zero-order chi connectivity index (χ0) is 15.3. The molecule has 1 rings (SSSR count). The molecule has 5 nitrogen and oxygen atoms in total. The Morgan fingerprint density at radius 3 is 2.50 bits per heavy atom. The van der Waals surface area contributed by atoms with Crippen LogP contribution in [0, 0.1) is 0 Å². The fraction of sp³-hybridized carbons (Fsp3) is 0.533. The number of amides is 1. The first kappa shape index (κ1) is 16.3. The highest BCUT2D eigenvalue weighted by Gasteiger charge is 2.15. The lowest BCUT2D eigenvalue weighted by atomic mass is 10.1. The van der Waals surface area contributed by atoms with E-state index in [2.05, 4.69) is 26.1 Å². The van der Waals surface area contributed by atoms with Gasteiger partial charge in [-0.1, -0.05) is 6.07 Å². The summed E-state index contributed by atoms with van der Waals surface area (Å²) >= 11 is 0. The molecule has 0 aliphatic heterocycles. The number of carbonyl (C=O) groups is 1. The third-order valence-corrected chi connectivity index (χ3v) is 2.76. The number of carbonyl (C=O) groups excluding carboxylic acids is 1. The van der Waals surface area contributed by atoms with Gasteiger partial charge in [0.1, 0.15) is 0 Å². The van der Waals surface area contributed by atoms with Crippen molar-refractivity contribution in [2.24, 2.45) is 5.73 Å². The van der Waals surface area contributed by atoms with Gasteiger partial charge in [0.2, 0.25) is 0 Å². The molecule has 0 aromatic heterocycles. The van der Waals surface area contributed by atoms with Gasteiger partial charge in [-0.15, -0.1) is 0 Å². The maximum atomic E-state index is 11.0. The van der Waals surface area contributed by atoms with Gasteiger partial charge in [0, 0.05) is 12.1 Å². The number of hydrogen-bond acceptors (Lipinski definition) is 4. The third kappa shape index (κ3) is 5.09. The molecule has 112 valence electrons. The number of primary amides is 1. The van der Waals surface area contributed by atoms with E-state index in [9.17, 15) is 4.79 Å². The van der Waals surface area contributed by atoms with Crippen LogP contribution in [-0.2, 0) is 11.3 Å². The van der Waals surface area contributed by atoms with Crippen molar-refractivity contribution in [2.75, 3.05) is 7.11 Å². The van der Waals surface area contributed by atoms with Crippen molar-refractivity contribution in [2.45, 2.75) is 45.9 Å². The highest BCUT2D eigenvalue weighted by atomic mass is 16.5. The van der Waals surface area contributed by atoms with Gasteiger partial charge in [0.25, 0.3) is 5.91 Å². The first-order chi connectivity index (χ1) is 9.23. The summed E-state index contributed by atoms with van der Waals surface area (Å²) in [4.78, 5) is 11.0. The van der Waals surface area contributed by atoms with Crippen molar-refractivity contribution in [3.05, 3.63) is 23.8 Å². The Morgan fingerprint density at radius 2 is 2.00 bits per heavy atom. The molecule has 1 unspecified atom stereocenters. The second-order valence-electron chi connectivity index (χ2n) is 5.75. The first-order valence-electron chi connectivity index (χ1n) is 6.61. The van der Waals surface area contributed by atoms with E-state index in [-0.39, 0.29) is 5.54 Å². The highest BCUT2D eigenvalue weighted by molar-refractivity contribution is 5.78. The zero-order valence-electron chi connectivity index (χ0n) is 12.8. The molecular formula is C15H24N2O3. The number of benzene rings is 1. The number of rotatable bonds is 6. The molecule has 3 N–H and O–H groups in total. The van der Waals surface area contributed by atoms with Crippen LogP contribution in [0.4, 0.5) is 0 Å². The third-order valence-electron chi connectivity index (χ3n) is 2.76. The van der Waals surface area contributed by atoms with Gasteiger partial charge >= 0.3 is 0 Å². The fourth-order valence-corrected chi connectivity index (χ4v) is 1.54. The predicted octanol–water partition coefficient (Wildman–Crippen LogP) is 1.84. The van der Waals surface area contributed by atoms with Gasteiger partial charge in [-0.2, -0.15) is 0 Å². The molecular weight excluding hydrogens is 256 g/mol. The lowest BCUT2D eigenvalue weighted by Crippen LogP contribution is -2.35. The largest absolute Gasteiger partial charge is 0.493 e. The lowest BCUT2D eigenvalue weighted by Gasteiger charge is -2.21. The number of nitrogens with one attached hydrogen (secondary N) is 1. The molecule has 0 aliphatic carbocycles. The van der Waals surface area contributed by atoms with E-state index in [0.29, 0.717) is 11.5 Å². The molecule has 1 aromatic carbocycles. The maximum Gasteiger partial charge on any atom is 0.258 e. The van der Waals surface area contributed by atoms with E-state index in [4.69, 9.17) is 15.2 Å². The number of methoxy groups -OCH3 is 1. The Balaban J connectivity index is 2.82. The van der Waals surface area contributed by atoms with Crippen molar-refractivity contribution >= 4 is 5.91 Å². The Hall–Kier alpha value is -1.75. The Kier molecular flexibility index (Phi) is 5.39. The lowest BCUT2D eigenvalue weighted by molar-refractivity contribution is -0.124. The van der Waals surface area contributed by atoms with E-state index in [1.54, 1.807) is 20.1 Å². The van der Waals surface area contributed by atoms with Gasteiger partial charge in [-0.05, 0) is 45.4 Å². The van der Waals surface area contributed by atoms with Gasteiger partial charge in [0.05, 0.1) is 7.11 Å². The summed E-state index contributed by atoms with van der Waals surface area (Å²) in [6, 6.07) is 5.62. The van der Waals surface area contributed by atoms with Crippen LogP contribution in [0.1, 0.15) is 33.3 Å². The molecule has 0 bridgehead atoms. The summed E-state index contributed by atoms with van der Waals surface area (Å²) in [7, 11) is 1.57. The molecule has 1 amide bonds. The summed E-state index contributed by atoms with van der Waals surface area (Å²) in [6.07, 6.45) is -0.692. The fourth-order valence-electron chi connectivity index (χ4n) is 1.54. The summed E-state index contributed by atoms with van der Waals surface area (Å²) in [5, 5.41) is 3.40. The topological polar surface area (TPSA) is 73.6 Å². The highest BCUT2D eigenvalue weighted by Crippen LogP contribution is 2.29. The first-order valence-corrected chi connectivity index (χ1v) is 6.61. The van der Waals surface area contributed by atoms with Crippen LogP contribution in [0.25, 0.3) is 0 Å². The van der Waals surface area contributed by atoms with E-state index >= 15 is 0 Å². The Labute approximate surface area is 120 Å². The van der Waals surface area contributed by atoms with Crippen molar-refractivity contribution in [1.82, 2.24) is 5.32 Å². The van der Waals surface area contributed by atoms with Crippen LogP contribution in [0.3, 0.4) is 0 Å². The summed E-state index contributed by atoms with van der Waals surface area (Å²) in [5.74, 6) is 0.593. The summed E-state index contributed by atoms with van der Waals surface area (Å²) < 4.78 is 10.8. The maximum absolute atomic E-state index is 11.0. The van der Waals surface area contributed by atoms with Crippen molar-refractivity contribution < 1.29 is 14.3 Å². The zero-order valence-corrected chi connectivity index (χ0v) is 12.8. The minimum Gasteiger partial charge on any atom is -0.493 e. The van der Waals surface area contributed by atoms with E-state index < -0.39 is 12.0 Å². The van der Waals surface area contributed by atoms with Crippen LogP contribution < -0.4 is 20.5 Å². The van der Waals surface area contributed by atoms with E-state index in [1.807, 2.05) is 12.1 Å².